The molecule has 0 bridgehead atoms. The summed E-state index contributed by atoms with van der Waals surface area (Å²) in [6.45, 7) is 0.556. The average molecular weight is 273 g/mol. The van der Waals surface area contributed by atoms with Gasteiger partial charge in [-0.25, -0.2) is 4.98 Å². The van der Waals surface area contributed by atoms with E-state index in [1.165, 1.54) is 0 Å². The van der Waals surface area contributed by atoms with E-state index in [0.29, 0.717) is 24.2 Å². The van der Waals surface area contributed by atoms with Crippen molar-refractivity contribution in [3.8, 4) is 0 Å². The fourth-order valence-electron chi connectivity index (χ4n) is 1.81. The predicted molar refractivity (Wildman–Crippen MR) is 73.3 cm³/mol. The van der Waals surface area contributed by atoms with E-state index in [-0.39, 0.29) is 12.3 Å². The highest BCUT2D eigenvalue weighted by atomic mass is 16.4. The number of nitrogens with one attached hydrogen (secondary N) is 1. The molecular formula is C14H15N3O3. The fraction of sp³-hybridized carbons (Fsp3) is 0.214. The number of hydrogen-bond acceptors (Lipinski definition) is 3. The van der Waals surface area contributed by atoms with Crippen molar-refractivity contribution in [3.05, 3.63) is 48.5 Å². The average Bonchev–Trinajstić information content (AvgIpc) is 2.89. The Labute approximate surface area is 116 Å². The molecule has 2 N–H and O–H groups in total. The van der Waals surface area contributed by atoms with Gasteiger partial charge in [-0.2, -0.15) is 0 Å². The van der Waals surface area contributed by atoms with Crippen LogP contribution in [0.25, 0.3) is 0 Å². The van der Waals surface area contributed by atoms with Gasteiger partial charge in [-0.05, 0) is 17.7 Å². The molecule has 6 nitrogen and oxygen atoms in total. The number of aliphatic carboxylic acids is 1. The first-order chi connectivity index (χ1) is 9.63. The third-order valence-corrected chi connectivity index (χ3v) is 2.72. The zero-order valence-electron chi connectivity index (χ0n) is 10.8. The van der Waals surface area contributed by atoms with Gasteiger partial charge in [0, 0.05) is 31.0 Å². The lowest BCUT2D eigenvalue weighted by Gasteiger charge is -2.07. The third kappa shape index (κ3) is 4.24. The third-order valence-electron chi connectivity index (χ3n) is 2.72. The molecule has 0 fully saturated rings. The van der Waals surface area contributed by atoms with Crippen molar-refractivity contribution in [2.75, 3.05) is 5.32 Å². The molecule has 1 amide bonds. The van der Waals surface area contributed by atoms with E-state index in [0.717, 1.165) is 0 Å². The molecule has 0 spiro atoms. The van der Waals surface area contributed by atoms with Crippen molar-refractivity contribution >= 4 is 17.6 Å². The van der Waals surface area contributed by atoms with E-state index in [1.54, 1.807) is 43.0 Å². The maximum atomic E-state index is 11.8. The minimum Gasteiger partial charge on any atom is -0.481 e. The molecule has 1 aromatic heterocycles. The molecule has 0 aliphatic carbocycles. The van der Waals surface area contributed by atoms with Gasteiger partial charge in [0.15, 0.2) is 0 Å². The van der Waals surface area contributed by atoms with Gasteiger partial charge in [0.25, 0.3) is 0 Å². The quantitative estimate of drug-likeness (QED) is 0.836. The molecule has 0 atom stereocenters. The smallest absolute Gasteiger partial charge is 0.307 e. The number of carbonyl (C=O) groups is 2. The molecule has 0 saturated heterocycles. The highest BCUT2D eigenvalue weighted by Crippen LogP contribution is 2.11. The largest absolute Gasteiger partial charge is 0.481 e. The second kappa shape index (κ2) is 6.51. The summed E-state index contributed by atoms with van der Waals surface area (Å²) < 4.78 is 1.82. The Hall–Kier alpha value is -2.63. The molecule has 1 heterocycles. The van der Waals surface area contributed by atoms with Gasteiger partial charge in [0.05, 0.1) is 12.7 Å². The molecule has 0 unspecified atom stereocenters. The van der Waals surface area contributed by atoms with Crippen LogP contribution in [0.5, 0.6) is 0 Å². The van der Waals surface area contributed by atoms with Crippen molar-refractivity contribution in [2.45, 2.75) is 19.4 Å². The number of anilines is 1. The standard InChI is InChI=1S/C14H15N3O3/c18-13(4-6-17-7-5-15-10-17)16-12-3-1-2-11(8-12)9-14(19)20/h1-3,5,7-8,10H,4,6,9H2,(H,16,18)(H,19,20). The molecule has 2 rings (SSSR count). The molecule has 0 aliphatic rings. The first kappa shape index (κ1) is 13.8. The van der Waals surface area contributed by atoms with Crippen LogP contribution in [0.2, 0.25) is 0 Å². The maximum Gasteiger partial charge on any atom is 0.307 e. The molecule has 2 aromatic rings. The van der Waals surface area contributed by atoms with Gasteiger partial charge in [-0.3, -0.25) is 9.59 Å². The molecule has 20 heavy (non-hydrogen) atoms. The summed E-state index contributed by atoms with van der Waals surface area (Å²) in [5.74, 6) is -1.01. The maximum absolute atomic E-state index is 11.8. The molecule has 0 radical (unpaired) electrons. The number of benzene rings is 1. The fourth-order valence-corrected chi connectivity index (χ4v) is 1.81. The monoisotopic (exact) mass is 273 g/mol. The Kier molecular flexibility index (Phi) is 4.49. The minimum absolute atomic E-state index is 0.0568. The zero-order chi connectivity index (χ0) is 14.4. The molecule has 6 heteroatoms. The Balaban J connectivity index is 1.88. The Morgan fingerprint density at radius 1 is 1.35 bits per heavy atom. The molecule has 104 valence electrons. The number of nitrogens with zero attached hydrogens (tertiary/aromatic N) is 2. The number of hydrogen-bond donors (Lipinski definition) is 2. The summed E-state index contributed by atoms with van der Waals surface area (Å²) >= 11 is 0. The summed E-state index contributed by atoms with van der Waals surface area (Å²) in [6, 6.07) is 6.85. The first-order valence-electron chi connectivity index (χ1n) is 6.20. The SMILES string of the molecule is O=C(O)Cc1cccc(NC(=O)CCn2ccnc2)c1. The van der Waals surface area contributed by atoms with E-state index in [9.17, 15) is 9.59 Å². The van der Waals surface area contributed by atoms with Crippen LogP contribution in [0.4, 0.5) is 5.69 Å². The molecule has 1 aromatic carbocycles. The second-order valence-corrected chi connectivity index (χ2v) is 4.37. The van der Waals surface area contributed by atoms with Crippen LogP contribution in [-0.4, -0.2) is 26.5 Å². The summed E-state index contributed by atoms with van der Waals surface area (Å²) in [6.07, 6.45) is 5.38. The van der Waals surface area contributed by atoms with E-state index >= 15 is 0 Å². The van der Waals surface area contributed by atoms with Crippen LogP contribution in [0.3, 0.4) is 0 Å². The number of aromatic nitrogens is 2. The highest BCUT2D eigenvalue weighted by Gasteiger charge is 2.05. The van der Waals surface area contributed by atoms with Crippen LogP contribution in [0, 0.1) is 0 Å². The van der Waals surface area contributed by atoms with Crippen molar-refractivity contribution in [1.29, 1.82) is 0 Å². The van der Waals surface area contributed by atoms with E-state index in [1.807, 2.05) is 4.57 Å². The number of carboxylic acid groups (broad SMARTS) is 1. The number of carboxylic acids is 1. The van der Waals surface area contributed by atoms with Crippen molar-refractivity contribution in [1.82, 2.24) is 9.55 Å². The summed E-state index contributed by atoms with van der Waals surface area (Å²) in [5, 5.41) is 11.5. The van der Waals surface area contributed by atoms with Crippen LogP contribution in [0.15, 0.2) is 43.0 Å². The summed E-state index contributed by atoms with van der Waals surface area (Å²) in [4.78, 5) is 26.3. The normalized spacial score (nSPS) is 10.2. The lowest BCUT2D eigenvalue weighted by Crippen LogP contribution is -2.14. The number of rotatable bonds is 6. The van der Waals surface area contributed by atoms with E-state index < -0.39 is 5.97 Å². The van der Waals surface area contributed by atoms with E-state index in [4.69, 9.17) is 5.11 Å². The predicted octanol–water partition coefficient (Wildman–Crippen LogP) is 1.54. The minimum atomic E-state index is -0.895. The van der Waals surface area contributed by atoms with Crippen LogP contribution in [0.1, 0.15) is 12.0 Å². The second-order valence-electron chi connectivity index (χ2n) is 4.37. The van der Waals surface area contributed by atoms with Crippen LogP contribution in [-0.2, 0) is 22.6 Å². The van der Waals surface area contributed by atoms with Gasteiger partial charge in [-0.15, -0.1) is 0 Å². The topological polar surface area (TPSA) is 84.2 Å². The zero-order valence-corrected chi connectivity index (χ0v) is 10.8. The molecule has 0 aliphatic heterocycles. The number of amides is 1. The van der Waals surface area contributed by atoms with Crippen molar-refractivity contribution < 1.29 is 14.7 Å². The highest BCUT2D eigenvalue weighted by molar-refractivity contribution is 5.90. The van der Waals surface area contributed by atoms with Gasteiger partial charge < -0.3 is 15.0 Å². The van der Waals surface area contributed by atoms with Crippen LogP contribution < -0.4 is 5.32 Å². The van der Waals surface area contributed by atoms with Crippen molar-refractivity contribution in [2.24, 2.45) is 0 Å². The first-order valence-corrected chi connectivity index (χ1v) is 6.20. The Bertz CT molecular complexity index is 593. The van der Waals surface area contributed by atoms with Crippen LogP contribution >= 0.6 is 0 Å². The Morgan fingerprint density at radius 3 is 2.90 bits per heavy atom. The van der Waals surface area contributed by atoms with Gasteiger partial charge in [0.2, 0.25) is 5.91 Å². The Morgan fingerprint density at radius 2 is 2.20 bits per heavy atom. The van der Waals surface area contributed by atoms with Gasteiger partial charge in [0.1, 0.15) is 0 Å². The van der Waals surface area contributed by atoms with E-state index in [2.05, 4.69) is 10.3 Å². The number of carbonyl (C=O) groups excluding carboxylic acids is 1. The molecule has 0 saturated carbocycles. The number of aryl methyl sites for hydroxylation is 1. The summed E-state index contributed by atoms with van der Waals surface area (Å²) in [5.41, 5.74) is 1.27. The lowest BCUT2D eigenvalue weighted by molar-refractivity contribution is -0.136. The number of imidazole rings is 1. The lowest BCUT2D eigenvalue weighted by atomic mass is 10.1. The van der Waals surface area contributed by atoms with Gasteiger partial charge in [-0.1, -0.05) is 12.1 Å². The van der Waals surface area contributed by atoms with Crippen molar-refractivity contribution in [3.63, 3.8) is 0 Å². The van der Waals surface area contributed by atoms with Gasteiger partial charge >= 0.3 is 5.97 Å². The molecular weight excluding hydrogens is 258 g/mol. The summed E-state index contributed by atoms with van der Waals surface area (Å²) in [7, 11) is 0.